The fourth-order valence-corrected chi connectivity index (χ4v) is 4.43. The van der Waals surface area contributed by atoms with E-state index < -0.39 is 0 Å². The number of hydrogen-bond acceptors (Lipinski definition) is 1. The zero-order valence-electron chi connectivity index (χ0n) is 15.1. The zero-order chi connectivity index (χ0) is 18.7. The Balaban J connectivity index is 1.78. The molecule has 0 aliphatic carbocycles. The molecule has 0 saturated carbocycles. The van der Waals surface area contributed by atoms with Gasteiger partial charge in [0.15, 0.2) is 6.20 Å². The van der Waals surface area contributed by atoms with Crippen LogP contribution < -0.4 is 4.57 Å². The highest BCUT2D eigenvalue weighted by molar-refractivity contribution is 6.24. The van der Waals surface area contributed by atoms with E-state index in [2.05, 4.69) is 66.9 Å². The van der Waals surface area contributed by atoms with Crippen molar-refractivity contribution in [3.05, 3.63) is 96.8 Å². The standard InChI is InChI=1S/C26H16NO/c28-16-22-14-20-4-1-2-5-21(20)15-27(22)24-13-11-19-9-8-17-6-3-7-18-10-12-23(24)26(19)25(17)18/h1-16H/q+1. The maximum absolute atomic E-state index is 11.9. The van der Waals surface area contributed by atoms with E-state index in [4.69, 9.17) is 0 Å². The third-order valence-electron chi connectivity index (χ3n) is 5.73. The number of fused-ring (bicyclic) bond motifs is 1. The molecule has 0 bridgehead atoms. The van der Waals surface area contributed by atoms with Crippen molar-refractivity contribution in [2.24, 2.45) is 0 Å². The first-order valence-electron chi connectivity index (χ1n) is 9.40. The van der Waals surface area contributed by atoms with Crippen LogP contribution in [0.5, 0.6) is 0 Å². The maximum Gasteiger partial charge on any atom is 0.251 e. The predicted molar refractivity (Wildman–Crippen MR) is 115 cm³/mol. The van der Waals surface area contributed by atoms with Gasteiger partial charge in [-0.3, -0.25) is 4.79 Å². The lowest BCUT2D eigenvalue weighted by Gasteiger charge is -2.12. The van der Waals surface area contributed by atoms with Gasteiger partial charge in [-0.2, -0.15) is 4.57 Å². The predicted octanol–water partition coefficient (Wildman–Crippen LogP) is 5.83. The molecule has 0 saturated heterocycles. The van der Waals surface area contributed by atoms with Crippen molar-refractivity contribution in [3.63, 3.8) is 0 Å². The first kappa shape index (κ1) is 15.3. The van der Waals surface area contributed by atoms with E-state index in [1.165, 1.54) is 26.9 Å². The Hall–Kier alpha value is -3.78. The topological polar surface area (TPSA) is 20.9 Å². The molecule has 0 aliphatic rings. The molecule has 0 fully saturated rings. The van der Waals surface area contributed by atoms with Gasteiger partial charge in [-0.25, -0.2) is 0 Å². The highest BCUT2D eigenvalue weighted by Gasteiger charge is 2.20. The Morgan fingerprint density at radius 2 is 1.25 bits per heavy atom. The Bertz CT molecular complexity index is 1510. The molecule has 0 unspecified atom stereocenters. The number of pyridine rings is 1. The summed E-state index contributed by atoms with van der Waals surface area (Å²) in [4.78, 5) is 11.9. The van der Waals surface area contributed by atoms with Crippen molar-refractivity contribution in [3.8, 4) is 5.69 Å². The fraction of sp³-hybridized carbons (Fsp3) is 0. The van der Waals surface area contributed by atoms with E-state index in [0.29, 0.717) is 5.69 Å². The summed E-state index contributed by atoms with van der Waals surface area (Å²) in [5, 5.41) is 9.58. The van der Waals surface area contributed by atoms with Crippen LogP contribution in [0.15, 0.2) is 91.1 Å². The molecule has 1 heterocycles. The van der Waals surface area contributed by atoms with Crippen molar-refractivity contribution >= 4 is 49.4 Å². The molecule has 2 nitrogen and oxygen atoms in total. The van der Waals surface area contributed by atoms with E-state index in [1.54, 1.807) is 0 Å². The van der Waals surface area contributed by atoms with Gasteiger partial charge in [-0.1, -0.05) is 54.6 Å². The highest BCUT2D eigenvalue weighted by Crippen LogP contribution is 2.36. The number of carbonyl (C=O) groups excluding carboxylic acids is 1. The average molecular weight is 358 g/mol. The Labute approximate surface area is 161 Å². The van der Waals surface area contributed by atoms with Gasteiger partial charge < -0.3 is 0 Å². The third-order valence-corrected chi connectivity index (χ3v) is 5.73. The smallest absolute Gasteiger partial charge is 0.251 e. The summed E-state index contributed by atoms with van der Waals surface area (Å²) in [6.45, 7) is 0. The van der Waals surface area contributed by atoms with Crippen molar-refractivity contribution in [2.45, 2.75) is 0 Å². The van der Waals surface area contributed by atoms with Crippen LogP contribution in [0.3, 0.4) is 0 Å². The van der Waals surface area contributed by atoms with Crippen LogP contribution >= 0.6 is 0 Å². The Morgan fingerprint density at radius 3 is 2.04 bits per heavy atom. The molecule has 1 aromatic heterocycles. The number of hydrogen-bond donors (Lipinski definition) is 0. The first-order valence-corrected chi connectivity index (χ1v) is 9.40. The van der Waals surface area contributed by atoms with Gasteiger partial charge in [0.2, 0.25) is 12.0 Å². The lowest BCUT2D eigenvalue weighted by Crippen LogP contribution is -2.35. The van der Waals surface area contributed by atoms with E-state index in [9.17, 15) is 4.79 Å². The second-order valence-electron chi connectivity index (χ2n) is 7.26. The number of benzene rings is 5. The minimum Gasteiger partial charge on any atom is -0.291 e. The Kier molecular flexibility index (Phi) is 3.06. The molecule has 0 N–H and O–H groups in total. The van der Waals surface area contributed by atoms with Crippen molar-refractivity contribution in [1.82, 2.24) is 0 Å². The SMILES string of the molecule is O=Cc1cc2ccccc2c[n+]1-c1ccc2ccc3cccc4ccc1c2c34. The summed E-state index contributed by atoms with van der Waals surface area (Å²) in [6, 6.07) is 29.5. The summed E-state index contributed by atoms with van der Waals surface area (Å²) >= 11 is 0. The number of aromatic nitrogens is 1. The molecule has 5 aromatic carbocycles. The number of carbonyl (C=O) groups is 1. The molecule has 6 rings (SSSR count). The molecule has 0 radical (unpaired) electrons. The van der Waals surface area contributed by atoms with E-state index in [0.717, 1.165) is 28.1 Å². The highest BCUT2D eigenvalue weighted by atomic mass is 16.1. The lowest BCUT2D eigenvalue weighted by atomic mass is 9.93. The van der Waals surface area contributed by atoms with E-state index in [-0.39, 0.29) is 0 Å². The van der Waals surface area contributed by atoms with Gasteiger partial charge in [0.05, 0.1) is 5.39 Å². The van der Waals surface area contributed by atoms with Gasteiger partial charge in [0, 0.05) is 22.9 Å². The largest absolute Gasteiger partial charge is 0.291 e. The molecule has 6 aromatic rings. The molecule has 0 aliphatic heterocycles. The molecule has 0 amide bonds. The first-order chi connectivity index (χ1) is 13.8. The molecule has 130 valence electrons. The summed E-state index contributed by atoms with van der Waals surface area (Å²) in [7, 11) is 0. The number of nitrogens with zero attached hydrogens (tertiary/aromatic N) is 1. The molecular formula is C26H16NO+. The summed E-state index contributed by atoms with van der Waals surface area (Å²) in [6.07, 6.45) is 3.00. The van der Waals surface area contributed by atoms with Crippen LogP contribution in [0.4, 0.5) is 0 Å². The summed E-state index contributed by atoms with van der Waals surface area (Å²) in [5.41, 5.74) is 1.67. The molecule has 0 atom stereocenters. The number of rotatable bonds is 2. The van der Waals surface area contributed by atoms with Gasteiger partial charge in [0.1, 0.15) is 0 Å². The van der Waals surface area contributed by atoms with Crippen molar-refractivity contribution in [2.75, 3.05) is 0 Å². The van der Waals surface area contributed by atoms with Crippen LogP contribution in [-0.4, -0.2) is 6.29 Å². The number of aldehydes is 1. The van der Waals surface area contributed by atoms with E-state index >= 15 is 0 Å². The monoisotopic (exact) mass is 358 g/mol. The van der Waals surface area contributed by atoms with Crippen LogP contribution in [0.25, 0.3) is 48.8 Å². The molecule has 28 heavy (non-hydrogen) atoms. The summed E-state index contributed by atoms with van der Waals surface area (Å²) in [5.74, 6) is 0. The normalized spacial score (nSPS) is 11.7. The maximum atomic E-state index is 11.9. The van der Waals surface area contributed by atoms with Gasteiger partial charge in [0.25, 0.3) is 5.69 Å². The fourth-order valence-electron chi connectivity index (χ4n) is 4.43. The van der Waals surface area contributed by atoms with Gasteiger partial charge in [-0.05, 0) is 45.1 Å². The molecule has 0 spiro atoms. The molecule has 2 heteroatoms. The Morgan fingerprint density at radius 1 is 0.607 bits per heavy atom. The third kappa shape index (κ3) is 2.03. The van der Waals surface area contributed by atoms with Crippen LogP contribution in [-0.2, 0) is 0 Å². The van der Waals surface area contributed by atoms with Crippen LogP contribution in [0.2, 0.25) is 0 Å². The van der Waals surface area contributed by atoms with E-state index in [1.807, 2.05) is 28.8 Å². The second kappa shape index (κ2) is 5.61. The summed E-state index contributed by atoms with van der Waals surface area (Å²) < 4.78 is 2.02. The second-order valence-corrected chi connectivity index (χ2v) is 7.26. The minimum absolute atomic E-state index is 0.647. The molecular weight excluding hydrogens is 342 g/mol. The average Bonchev–Trinajstić information content (AvgIpc) is 2.76. The van der Waals surface area contributed by atoms with Crippen LogP contribution in [0, 0.1) is 0 Å². The van der Waals surface area contributed by atoms with Crippen molar-refractivity contribution < 1.29 is 9.36 Å². The van der Waals surface area contributed by atoms with Crippen LogP contribution in [0.1, 0.15) is 10.5 Å². The van der Waals surface area contributed by atoms with Crippen molar-refractivity contribution in [1.29, 1.82) is 0 Å². The van der Waals surface area contributed by atoms with Gasteiger partial charge in [-0.15, -0.1) is 0 Å². The zero-order valence-corrected chi connectivity index (χ0v) is 15.1. The quantitative estimate of drug-likeness (QED) is 0.217. The van der Waals surface area contributed by atoms with Gasteiger partial charge >= 0.3 is 0 Å². The lowest BCUT2D eigenvalue weighted by molar-refractivity contribution is -0.594. The minimum atomic E-state index is 0.647.